The van der Waals surface area contributed by atoms with Crippen LogP contribution in [0.1, 0.15) is 40.9 Å². The molecule has 3 rings (SSSR count). The zero-order valence-corrected chi connectivity index (χ0v) is 16.6. The van der Waals surface area contributed by atoms with Crippen LogP contribution in [0.2, 0.25) is 0 Å². The quantitative estimate of drug-likeness (QED) is 0.666. The number of hydrogen-bond acceptors (Lipinski definition) is 4. The molecule has 28 heavy (non-hydrogen) atoms. The second-order valence-corrected chi connectivity index (χ2v) is 8.03. The normalized spacial score (nSPS) is 15.3. The van der Waals surface area contributed by atoms with Crippen LogP contribution in [0.4, 0.5) is 4.39 Å². The van der Waals surface area contributed by atoms with Gasteiger partial charge in [-0.25, -0.2) is 4.39 Å². The van der Waals surface area contributed by atoms with Gasteiger partial charge in [-0.05, 0) is 48.4 Å². The molecule has 0 spiro atoms. The Morgan fingerprint density at radius 2 is 1.89 bits per heavy atom. The molecule has 0 atom stereocenters. The van der Waals surface area contributed by atoms with Crippen LogP contribution in [0.25, 0.3) is 0 Å². The van der Waals surface area contributed by atoms with E-state index in [1.165, 1.54) is 23.5 Å². The molecule has 2 amide bonds. The topological polar surface area (TPSA) is 61.4 Å². The van der Waals surface area contributed by atoms with Crippen LogP contribution in [0.5, 0.6) is 0 Å². The number of carbonyl (C=O) groups excluding carboxylic acids is 2. The second kappa shape index (κ2) is 10.3. The fraction of sp³-hybridized carbons (Fsp3) is 0.429. The van der Waals surface area contributed by atoms with Crippen LogP contribution in [-0.2, 0) is 11.3 Å². The number of carbonyl (C=O) groups is 2. The number of nitrogens with one attached hydrogen (secondary N) is 2. The van der Waals surface area contributed by atoms with Crippen molar-refractivity contribution in [3.05, 3.63) is 58.0 Å². The monoisotopic (exact) mass is 403 g/mol. The number of benzene rings is 1. The lowest BCUT2D eigenvalue weighted by atomic mass is 10.0. The molecule has 0 radical (unpaired) electrons. The van der Waals surface area contributed by atoms with Gasteiger partial charge in [-0.1, -0.05) is 18.2 Å². The number of halogens is 1. The average molecular weight is 404 g/mol. The van der Waals surface area contributed by atoms with Gasteiger partial charge < -0.3 is 10.6 Å². The minimum Gasteiger partial charge on any atom is -0.353 e. The lowest BCUT2D eigenvalue weighted by molar-refractivity contribution is -0.122. The SMILES string of the molecule is O=C(CCCNC(=O)c1cccs1)NC1CCN(Cc2ccc(F)cc2)CC1. The number of thiophene rings is 1. The second-order valence-electron chi connectivity index (χ2n) is 7.08. The minimum absolute atomic E-state index is 0.0438. The highest BCUT2D eigenvalue weighted by atomic mass is 32.1. The molecule has 0 bridgehead atoms. The van der Waals surface area contributed by atoms with Gasteiger partial charge in [0.15, 0.2) is 0 Å². The van der Waals surface area contributed by atoms with Crippen LogP contribution < -0.4 is 10.6 Å². The van der Waals surface area contributed by atoms with Crippen LogP contribution in [0, 0.1) is 5.82 Å². The smallest absolute Gasteiger partial charge is 0.261 e. The van der Waals surface area contributed by atoms with Gasteiger partial charge in [-0.15, -0.1) is 11.3 Å². The zero-order chi connectivity index (χ0) is 19.8. The fourth-order valence-corrected chi connectivity index (χ4v) is 3.97. The van der Waals surface area contributed by atoms with Crippen molar-refractivity contribution in [2.24, 2.45) is 0 Å². The summed E-state index contributed by atoms with van der Waals surface area (Å²) in [5, 5.41) is 7.81. The molecule has 2 N–H and O–H groups in total. The number of piperidine rings is 1. The molecule has 0 saturated carbocycles. The Bertz CT molecular complexity index is 756. The first-order valence-corrected chi connectivity index (χ1v) is 10.6. The van der Waals surface area contributed by atoms with Crippen molar-refractivity contribution >= 4 is 23.2 Å². The summed E-state index contributed by atoms with van der Waals surface area (Å²) in [4.78, 5) is 27.0. The van der Waals surface area contributed by atoms with Gasteiger partial charge >= 0.3 is 0 Å². The molecular formula is C21H26FN3O2S. The summed E-state index contributed by atoms with van der Waals surface area (Å²) in [6.07, 6.45) is 2.89. The summed E-state index contributed by atoms with van der Waals surface area (Å²) in [5.41, 5.74) is 1.11. The Balaban J connectivity index is 1.28. The molecule has 1 aromatic carbocycles. The predicted molar refractivity (Wildman–Crippen MR) is 109 cm³/mol. The van der Waals surface area contributed by atoms with E-state index in [-0.39, 0.29) is 23.7 Å². The van der Waals surface area contributed by atoms with Crippen molar-refractivity contribution in [2.45, 2.75) is 38.3 Å². The summed E-state index contributed by atoms with van der Waals surface area (Å²) in [6, 6.07) is 10.5. The summed E-state index contributed by atoms with van der Waals surface area (Å²) in [5.74, 6) is -0.248. The van der Waals surface area contributed by atoms with Gasteiger partial charge in [0.2, 0.25) is 5.91 Å². The lowest BCUT2D eigenvalue weighted by Gasteiger charge is -2.32. The third kappa shape index (κ3) is 6.42. The summed E-state index contributed by atoms with van der Waals surface area (Å²) < 4.78 is 13.0. The Morgan fingerprint density at radius 3 is 2.57 bits per heavy atom. The van der Waals surface area contributed by atoms with Crippen LogP contribution >= 0.6 is 11.3 Å². The predicted octanol–water partition coefficient (Wildman–Crippen LogP) is 3.18. The molecule has 0 unspecified atom stereocenters. The molecule has 2 aromatic rings. The van der Waals surface area contributed by atoms with E-state index in [0.717, 1.165) is 38.0 Å². The van der Waals surface area contributed by atoms with Gasteiger partial charge in [0, 0.05) is 38.6 Å². The molecule has 150 valence electrons. The zero-order valence-electron chi connectivity index (χ0n) is 15.8. The Labute approximate surface area is 168 Å². The molecule has 1 aromatic heterocycles. The largest absolute Gasteiger partial charge is 0.353 e. The lowest BCUT2D eigenvalue weighted by Crippen LogP contribution is -2.44. The van der Waals surface area contributed by atoms with Crippen molar-refractivity contribution in [3.63, 3.8) is 0 Å². The standard InChI is InChI=1S/C21H26FN3O2S/c22-17-7-5-16(6-8-17)15-25-12-9-18(10-13-25)24-20(26)4-1-11-23-21(27)19-3-2-14-28-19/h2-3,5-8,14,18H,1,4,9-13,15H2,(H,23,27)(H,24,26). The van der Waals surface area contributed by atoms with Gasteiger partial charge in [0.05, 0.1) is 4.88 Å². The molecule has 1 saturated heterocycles. The van der Waals surface area contributed by atoms with E-state index in [1.807, 2.05) is 23.6 Å². The highest BCUT2D eigenvalue weighted by Crippen LogP contribution is 2.14. The summed E-state index contributed by atoms with van der Waals surface area (Å²) in [7, 11) is 0. The van der Waals surface area contributed by atoms with E-state index < -0.39 is 0 Å². The van der Waals surface area contributed by atoms with Crippen molar-refractivity contribution in [1.29, 1.82) is 0 Å². The van der Waals surface area contributed by atoms with Gasteiger partial charge in [0.25, 0.3) is 5.91 Å². The van der Waals surface area contributed by atoms with Gasteiger partial charge in [0.1, 0.15) is 5.82 Å². The third-order valence-corrected chi connectivity index (χ3v) is 5.75. The molecule has 7 heteroatoms. The van der Waals surface area contributed by atoms with E-state index in [2.05, 4.69) is 15.5 Å². The number of amides is 2. The van der Waals surface area contributed by atoms with Crippen LogP contribution in [0.15, 0.2) is 41.8 Å². The van der Waals surface area contributed by atoms with E-state index in [4.69, 9.17) is 0 Å². The Hall–Kier alpha value is -2.25. The molecule has 2 heterocycles. The highest BCUT2D eigenvalue weighted by molar-refractivity contribution is 7.12. The number of nitrogens with zero attached hydrogens (tertiary/aromatic N) is 1. The highest BCUT2D eigenvalue weighted by Gasteiger charge is 2.20. The molecule has 1 fully saturated rings. The van der Waals surface area contributed by atoms with Gasteiger partial charge in [-0.2, -0.15) is 0 Å². The van der Waals surface area contributed by atoms with E-state index in [9.17, 15) is 14.0 Å². The van der Waals surface area contributed by atoms with Crippen molar-refractivity contribution in [3.8, 4) is 0 Å². The van der Waals surface area contributed by atoms with Crippen LogP contribution in [0.3, 0.4) is 0 Å². The fourth-order valence-electron chi connectivity index (χ4n) is 3.33. The maximum Gasteiger partial charge on any atom is 0.261 e. The maximum atomic E-state index is 13.0. The summed E-state index contributed by atoms with van der Waals surface area (Å²) >= 11 is 1.41. The maximum absolute atomic E-state index is 13.0. The Morgan fingerprint density at radius 1 is 1.14 bits per heavy atom. The number of likely N-dealkylation sites (tertiary alicyclic amines) is 1. The van der Waals surface area contributed by atoms with Crippen LogP contribution in [-0.4, -0.2) is 42.4 Å². The molecular weight excluding hydrogens is 377 g/mol. The Kier molecular flexibility index (Phi) is 7.56. The summed E-state index contributed by atoms with van der Waals surface area (Å²) in [6.45, 7) is 3.14. The minimum atomic E-state index is -0.212. The van der Waals surface area contributed by atoms with E-state index in [1.54, 1.807) is 6.07 Å². The van der Waals surface area contributed by atoms with Crippen molar-refractivity contribution < 1.29 is 14.0 Å². The molecule has 5 nitrogen and oxygen atoms in total. The number of rotatable bonds is 8. The van der Waals surface area contributed by atoms with Crippen molar-refractivity contribution in [1.82, 2.24) is 15.5 Å². The molecule has 1 aliphatic heterocycles. The average Bonchev–Trinajstić information content (AvgIpc) is 3.23. The first-order chi connectivity index (χ1) is 13.6. The third-order valence-electron chi connectivity index (χ3n) is 4.88. The number of hydrogen-bond donors (Lipinski definition) is 2. The molecule has 1 aliphatic rings. The van der Waals surface area contributed by atoms with Gasteiger partial charge in [-0.3, -0.25) is 14.5 Å². The first kappa shape index (κ1) is 20.5. The van der Waals surface area contributed by atoms with E-state index in [0.29, 0.717) is 24.3 Å². The van der Waals surface area contributed by atoms with Crippen molar-refractivity contribution in [2.75, 3.05) is 19.6 Å². The molecule has 0 aliphatic carbocycles. The van der Waals surface area contributed by atoms with E-state index >= 15 is 0 Å². The first-order valence-electron chi connectivity index (χ1n) is 9.68.